The molecule has 1 aromatic carbocycles. The molecule has 1 fully saturated rings. The number of carbonyl (C=O) groups excluding carboxylic acids is 1. The number of hydrogen-bond acceptors (Lipinski definition) is 3. The van der Waals surface area contributed by atoms with Gasteiger partial charge in [0.1, 0.15) is 12.1 Å². The van der Waals surface area contributed by atoms with Gasteiger partial charge in [0.15, 0.2) is 0 Å². The van der Waals surface area contributed by atoms with Crippen molar-refractivity contribution in [3.63, 3.8) is 0 Å². The summed E-state index contributed by atoms with van der Waals surface area (Å²) >= 11 is 5.98. The van der Waals surface area contributed by atoms with E-state index in [0.717, 1.165) is 25.9 Å². The molecule has 1 unspecified atom stereocenters. The maximum absolute atomic E-state index is 12.3. The van der Waals surface area contributed by atoms with Crippen molar-refractivity contribution in [2.45, 2.75) is 32.2 Å². The molecule has 0 saturated carbocycles. The number of rotatable bonds is 3. The van der Waals surface area contributed by atoms with Crippen LogP contribution in [0, 0.1) is 11.3 Å². The number of piperidine rings is 1. The molecule has 1 heterocycles. The molecule has 4 nitrogen and oxygen atoms in total. The summed E-state index contributed by atoms with van der Waals surface area (Å²) in [5.74, 6) is 0.0774. The van der Waals surface area contributed by atoms with Crippen LogP contribution in [0.1, 0.15) is 31.7 Å². The van der Waals surface area contributed by atoms with Gasteiger partial charge in [-0.15, -0.1) is 0 Å². The van der Waals surface area contributed by atoms with Crippen molar-refractivity contribution in [3.8, 4) is 6.07 Å². The maximum Gasteiger partial charge on any atom is 0.244 e. The number of hydrogen-bond donors (Lipinski definition) is 1. The minimum Gasteiger partial charge on any atom is -0.373 e. The second kappa shape index (κ2) is 6.62. The van der Waals surface area contributed by atoms with Crippen LogP contribution in [0.5, 0.6) is 0 Å². The van der Waals surface area contributed by atoms with Gasteiger partial charge in [0.2, 0.25) is 5.91 Å². The predicted octanol–water partition coefficient (Wildman–Crippen LogP) is 3.02. The quantitative estimate of drug-likeness (QED) is 0.931. The molecule has 5 heteroatoms. The molecule has 0 radical (unpaired) electrons. The van der Waals surface area contributed by atoms with Crippen LogP contribution in [0.3, 0.4) is 0 Å². The van der Waals surface area contributed by atoms with Crippen molar-refractivity contribution in [3.05, 3.63) is 28.8 Å². The molecule has 1 N–H and O–H groups in total. The van der Waals surface area contributed by atoms with E-state index in [9.17, 15) is 4.79 Å². The van der Waals surface area contributed by atoms with Gasteiger partial charge in [0.05, 0.1) is 16.3 Å². The van der Waals surface area contributed by atoms with Crippen LogP contribution >= 0.6 is 11.6 Å². The van der Waals surface area contributed by atoms with E-state index in [4.69, 9.17) is 16.9 Å². The molecule has 0 aliphatic carbocycles. The van der Waals surface area contributed by atoms with Crippen molar-refractivity contribution in [2.75, 3.05) is 18.4 Å². The third-order valence-electron chi connectivity index (χ3n) is 3.54. The van der Waals surface area contributed by atoms with Crippen LogP contribution in [-0.4, -0.2) is 29.9 Å². The summed E-state index contributed by atoms with van der Waals surface area (Å²) in [6.45, 7) is 3.47. The van der Waals surface area contributed by atoms with Crippen LogP contribution in [0.15, 0.2) is 18.2 Å². The smallest absolute Gasteiger partial charge is 0.244 e. The maximum atomic E-state index is 12.3. The van der Waals surface area contributed by atoms with Crippen molar-refractivity contribution < 1.29 is 4.79 Å². The number of halogens is 1. The molecule has 1 aromatic rings. The minimum atomic E-state index is -0.362. The topological polar surface area (TPSA) is 56.1 Å². The van der Waals surface area contributed by atoms with Crippen LogP contribution in [-0.2, 0) is 4.79 Å². The van der Waals surface area contributed by atoms with Crippen LogP contribution in [0.2, 0.25) is 5.02 Å². The van der Waals surface area contributed by atoms with E-state index >= 15 is 0 Å². The molecule has 0 bridgehead atoms. The minimum absolute atomic E-state index is 0.0774. The summed E-state index contributed by atoms with van der Waals surface area (Å²) in [5.41, 5.74) is 0.991. The summed E-state index contributed by atoms with van der Waals surface area (Å²) in [6, 6.07) is 6.91. The first-order valence-corrected chi connectivity index (χ1v) is 7.25. The fraction of sp³-hybridized carbons (Fsp3) is 0.467. The first-order valence-electron chi connectivity index (χ1n) is 6.87. The monoisotopic (exact) mass is 291 g/mol. The Labute approximate surface area is 124 Å². The SMILES string of the molecule is CC(Nc1cccc(Cl)c1C#N)C(=O)N1CCCCC1. The lowest BCUT2D eigenvalue weighted by Gasteiger charge is -2.30. The van der Waals surface area contributed by atoms with Gasteiger partial charge in [-0.05, 0) is 38.3 Å². The Bertz CT molecular complexity index is 532. The van der Waals surface area contributed by atoms with Crippen LogP contribution in [0.25, 0.3) is 0 Å². The van der Waals surface area contributed by atoms with E-state index in [1.165, 1.54) is 6.42 Å². The first kappa shape index (κ1) is 14.7. The molecule has 1 amide bonds. The zero-order valence-corrected chi connectivity index (χ0v) is 12.3. The van der Waals surface area contributed by atoms with Gasteiger partial charge >= 0.3 is 0 Å². The summed E-state index contributed by atoms with van der Waals surface area (Å²) in [4.78, 5) is 14.2. The number of benzene rings is 1. The van der Waals surface area contributed by atoms with Crippen molar-refractivity contribution in [2.24, 2.45) is 0 Å². The Morgan fingerprint density at radius 2 is 2.10 bits per heavy atom. The molecule has 1 aliphatic heterocycles. The van der Waals surface area contributed by atoms with Gasteiger partial charge in [-0.2, -0.15) is 5.26 Å². The Morgan fingerprint density at radius 1 is 1.40 bits per heavy atom. The highest BCUT2D eigenvalue weighted by Gasteiger charge is 2.22. The standard InChI is InChI=1S/C15H18ClN3O/c1-11(15(20)19-8-3-2-4-9-19)18-14-7-5-6-13(16)12(14)10-17/h5-7,11,18H,2-4,8-9H2,1H3. The van der Waals surface area contributed by atoms with Crippen molar-refractivity contribution in [1.82, 2.24) is 4.90 Å². The summed E-state index contributed by atoms with van der Waals surface area (Å²) in [7, 11) is 0. The highest BCUT2D eigenvalue weighted by atomic mass is 35.5. The predicted molar refractivity (Wildman–Crippen MR) is 79.7 cm³/mol. The van der Waals surface area contributed by atoms with E-state index < -0.39 is 0 Å². The number of nitriles is 1. The van der Waals surface area contributed by atoms with Crippen molar-refractivity contribution in [1.29, 1.82) is 5.26 Å². The molecule has 2 rings (SSSR count). The summed E-state index contributed by atoms with van der Waals surface area (Å²) < 4.78 is 0. The van der Waals surface area contributed by atoms with E-state index in [0.29, 0.717) is 16.3 Å². The average Bonchev–Trinajstić information content (AvgIpc) is 2.47. The molecule has 106 valence electrons. The number of anilines is 1. The Hall–Kier alpha value is -1.73. The molecule has 0 spiro atoms. The lowest BCUT2D eigenvalue weighted by atomic mass is 10.1. The normalized spacial score (nSPS) is 16.4. The fourth-order valence-electron chi connectivity index (χ4n) is 2.44. The van der Waals surface area contributed by atoms with Gasteiger partial charge in [-0.1, -0.05) is 17.7 Å². The number of amides is 1. The third kappa shape index (κ3) is 3.23. The van der Waals surface area contributed by atoms with Gasteiger partial charge in [-0.3, -0.25) is 4.79 Å². The van der Waals surface area contributed by atoms with E-state index in [1.807, 2.05) is 11.8 Å². The number of carbonyl (C=O) groups is 1. The molecule has 1 atom stereocenters. The molecule has 20 heavy (non-hydrogen) atoms. The highest BCUT2D eigenvalue weighted by molar-refractivity contribution is 6.32. The summed E-state index contributed by atoms with van der Waals surface area (Å²) in [5, 5.41) is 12.6. The largest absolute Gasteiger partial charge is 0.373 e. The molecule has 1 saturated heterocycles. The van der Waals surface area contributed by atoms with Gasteiger partial charge in [0, 0.05) is 13.1 Å². The zero-order valence-electron chi connectivity index (χ0n) is 11.5. The van der Waals surface area contributed by atoms with Gasteiger partial charge < -0.3 is 10.2 Å². The molecule has 1 aliphatic rings. The van der Waals surface area contributed by atoms with E-state index in [2.05, 4.69) is 11.4 Å². The van der Waals surface area contributed by atoms with E-state index in [-0.39, 0.29) is 11.9 Å². The Morgan fingerprint density at radius 3 is 2.75 bits per heavy atom. The Kier molecular flexibility index (Phi) is 4.86. The molecular weight excluding hydrogens is 274 g/mol. The van der Waals surface area contributed by atoms with Crippen LogP contribution in [0.4, 0.5) is 5.69 Å². The molecular formula is C15H18ClN3O. The average molecular weight is 292 g/mol. The second-order valence-electron chi connectivity index (χ2n) is 5.03. The lowest BCUT2D eigenvalue weighted by Crippen LogP contribution is -2.44. The summed E-state index contributed by atoms with van der Waals surface area (Å²) in [6.07, 6.45) is 3.33. The highest BCUT2D eigenvalue weighted by Crippen LogP contribution is 2.24. The van der Waals surface area contributed by atoms with Gasteiger partial charge in [-0.25, -0.2) is 0 Å². The lowest BCUT2D eigenvalue weighted by molar-refractivity contribution is -0.132. The van der Waals surface area contributed by atoms with Gasteiger partial charge in [0.25, 0.3) is 0 Å². The molecule has 0 aromatic heterocycles. The zero-order chi connectivity index (χ0) is 14.5. The number of nitrogens with zero attached hydrogens (tertiary/aromatic N) is 2. The number of nitrogens with one attached hydrogen (secondary N) is 1. The fourth-order valence-corrected chi connectivity index (χ4v) is 2.66. The first-order chi connectivity index (χ1) is 9.63. The van der Waals surface area contributed by atoms with E-state index in [1.54, 1.807) is 18.2 Å². The third-order valence-corrected chi connectivity index (χ3v) is 3.85. The Balaban J connectivity index is 2.08. The van der Waals surface area contributed by atoms with Crippen LogP contribution < -0.4 is 5.32 Å². The second-order valence-corrected chi connectivity index (χ2v) is 5.43. The van der Waals surface area contributed by atoms with Crippen molar-refractivity contribution >= 4 is 23.2 Å². The number of likely N-dealkylation sites (tertiary alicyclic amines) is 1.